The topological polar surface area (TPSA) is 98.4 Å². The number of primary amides is 1. The molecule has 1 unspecified atom stereocenters. The van der Waals surface area contributed by atoms with E-state index in [0.717, 1.165) is 36.6 Å². The third-order valence-corrected chi connectivity index (χ3v) is 6.64. The number of nitrogens with zero attached hydrogens (tertiary/aromatic N) is 1. The van der Waals surface area contributed by atoms with Gasteiger partial charge in [-0.15, -0.1) is 0 Å². The summed E-state index contributed by atoms with van der Waals surface area (Å²) < 4.78 is 23.0. The SMILES string of the molecule is C=c1c(=O)c(C(N)=O)cn2c1=C(/C(NCCC1CCCN1)=C(\C)F)Oc1c-2ccc2ccccc12. The average molecular weight is 475 g/mol. The van der Waals surface area contributed by atoms with Gasteiger partial charge in [0, 0.05) is 29.4 Å². The highest BCUT2D eigenvalue weighted by atomic mass is 19.1. The lowest BCUT2D eigenvalue weighted by atomic mass is 10.1. The summed E-state index contributed by atoms with van der Waals surface area (Å²) in [6, 6.07) is 11.8. The maximum absolute atomic E-state index is 15.0. The number of rotatable bonds is 6. The van der Waals surface area contributed by atoms with Crippen LogP contribution in [-0.2, 0) is 0 Å². The Morgan fingerprint density at radius 1 is 1.31 bits per heavy atom. The summed E-state index contributed by atoms with van der Waals surface area (Å²) in [6.07, 6.45) is 4.41. The minimum Gasteiger partial charge on any atom is -0.450 e. The van der Waals surface area contributed by atoms with Gasteiger partial charge >= 0.3 is 0 Å². The van der Waals surface area contributed by atoms with Crippen molar-refractivity contribution in [3.05, 3.63) is 80.5 Å². The standard InChI is InChI=1S/C27H27FN4O3/c1-15-23-26(22(16(2)28)31-13-11-18-7-5-12-30-18)35-25-19-8-4-3-6-17(19)9-10-21(25)32(23)14-20(24(15)33)27(29)34/h3-4,6,8-10,14,18,30-31H,1,5,7,11-13H2,2H3,(H2,29,34)/b22-16-. The Balaban J connectivity index is 1.73. The van der Waals surface area contributed by atoms with Crippen LogP contribution in [0.15, 0.2) is 58.9 Å². The molecule has 3 heterocycles. The Bertz CT molecular complexity index is 1550. The molecule has 0 saturated carbocycles. The number of pyridine rings is 1. The molecule has 0 bridgehead atoms. The highest BCUT2D eigenvalue weighted by molar-refractivity contribution is 5.94. The number of halogens is 1. The lowest BCUT2D eigenvalue weighted by Crippen LogP contribution is -2.50. The number of aromatic nitrogens is 1. The third kappa shape index (κ3) is 4.00. The summed E-state index contributed by atoms with van der Waals surface area (Å²) >= 11 is 0. The van der Waals surface area contributed by atoms with Crippen molar-refractivity contribution in [2.75, 3.05) is 13.1 Å². The fourth-order valence-electron chi connectivity index (χ4n) is 4.86. The minimum absolute atomic E-state index is 0.00752. The largest absolute Gasteiger partial charge is 0.450 e. The van der Waals surface area contributed by atoms with E-state index >= 15 is 0 Å². The summed E-state index contributed by atoms with van der Waals surface area (Å²) in [4.78, 5) is 25.0. The summed E-state index contributed by atoms with van der Waals surface area (Å²) in [5, 5.41) is 8.65. The molecule has 35 heavy (non-hydrogen) atoms. The second-order valence-corrected chi connectivity index (χ2v) is 8.92. The zero-order valence-corrected chi connectivity index (χ0v) is 19.5. The molecule has 4 N–H and O–H groups in total. The molecule has 180 valence electrons. The Kier molecular flexibility index (Phi) is 5.90. The predicted molar refractivity (Wildman–Crippen MR) is 134 cm³/mol. The average Bonchev–Trinajstić information content (AvgIpc) is 3.36. The first kappa shape index (κ1) is 22.9. The monoisotopic (exact) mass is 474 g/mol. The maximum atomic E-state index is 15.0. The molecule has 1 atom stereocenters. The number of carbonyl (C=O) groups is 1. The van der Waals surface area contributed by atoms with Crippen LogP contribution in [0.5, 0.6) is 5.75 Å². The van der Waals surface area contributed by atoms with E-state index in [-0.39, 0.29) is 27.6 Å². The Morgan fingerprint density at radius 3 is 2.83 bits per heavy atom. The van der Waals surface area contributed by atoms with Crippen LogP contribution in [0.2, 0.25) is 0 Å². The van der Waals surface area contributed by atoms with Gasteiger partial charge in [0.05, 0.1) is 5.69 Å². The van der Waals surface area contributed by atoms with Gasteiger partial charge in [-0.05, 0) is 44.2 Å². The van der Waals surface area contributed by atoms with Crippen molar-refractivity contribution in [2.45, 2.75) is 32.2 Å². The van der Waals surface area contributed by atoms with Gasteiger partial charge in [0.15, 0.2) is 11.5 Å². The van der Waals surface area contributed by atoms with Gasteiger partial charge in [0.2, 0.25) is 5.43 Å². The zero-order chi connectivity index (χ0) is 24.7. The number of fused-ring (bicyclic) bond motifs is 5. The van der Waals surface area contributed by atoms with Crippen molar-refractivity contribution in [1.82, 2.24) is 15.2 Å². The molecule has 3 aromatic rings. The Hall–Kier alpha value is -3.91. The molecular formula is C27H27FN4O3. The van der Waals surface area contributed by atoms with Crippen molar-refractivity contribution in [2.24, 2.45) is 5.73 Å². The number of hydrogen-bond acceptors (Lipinski definition) is 5. The van der Waals surface area contributed by atoms with Gasteiger partial charge in [0.25, 0.3) is 5.91 Å². The first-order valence-electron chi connectivity index (χ1n) is 11.7. The summed E-state index contributed by atoms with van der Waals surface area (Å²) in [7, 11) is 0. The van der Waals surface area contributed by atoms with E-state index in [1.54, 1.807) is 4.57 Å². The van der Waals surface area contributed by atoms with E-state index < -0.39 is 17.2 Å². The number of benzene rings is 2. The number of ether oxygens (including phenoxy) is 1. The molecule has 8 heteroatoms. The van der Waals surface area contributed by atoms with Gasteiger partial charge < -0.3 is 25.7 Å². The van der Waals surface area contributed by atoms with Crippen LogP contribution in [0.1, 0.15) is 36.5 Å². The zero-order valence-electron chi connectivity index (χ0n) is 19.5. The minimum atomic E-state index is -0.856. The van der Waals surface area contributed by atoms with Gasteiger partial charge in [-0.2, -0.15) is 0 Å². The molecule has 1 fully saturated rings. The van der Waals surface area contributed by atoms with Crippen LogP contribution in [0, 0.1) is 0 Å². The molecule has 1 amide bonds. The lowest BCUT2D eigenvalue weighted by molar-refractivity contribution is 0.0998. The van der Waals surface area contributed by atoms with E-state index in [1.807, 2.05) is 36.4 Å². The molecule has 0 spiro atoms. The quantitative estimate of drug-likeness (QED) is 0.507. The summed E-state index contributed by atoms with van der Waals surface area (Å²) in [6.45, 7) is 6.77. The molecular weight excluding hydrogens is 447 g/mol. The van der Waals surface area contributed by atoms with Crippen molar-refractivity contribution >= 4 is 29.0 Å². The third-order valence-electron chi connectivity index (χ3n) is 6.64. The van der Waals surface area contributed by atoms with Crippen LogP contribution >= 0.6 is 0 Å². The fraction of sp³-hybridized carbons (Fsp3) is 0.259. The molecule has 2 aliphatic rings. The first-order chi connectivity index (χ1) is 16.9. The number of carbonyl (C=O) groups excluding carboxylic acids is 1. The Morgan fingerprint density at radius 2 is 2.11 bits per heavy atom. The highest BCUT2D eigenvalue weighted by Crippen LogP contribution is 2.36. The first-order valence-corrected chi connectivity index (χ1v) is 11.7. The number of allylic oxidation sites excluding steroid dienone is 1. The number of hydrogen-bond donors (Lipinski definition) is 3. The van der Waals surface area contributed by atoms with Crippen molar-refractivity contribution in [3.8, 4) is 11.4 Å². The van der Waals surface area contributed by atoms with Crippen LogP contribution < -0.4 is 37.1 Å². The second-order valence-electron chi connectivity index (χ2n) is 8.92. The highest BCUT2D eigenvalue weighted by Gasteiger charge is 2.26. The van der Waals surface area contributed by atoms with Gasteiger partial charge in [-0.25, -0.2) is 4.39 Å². The molecule has 1 aromatic heterocycles. The van der Waals surface area contributed by atoms with Crippen LogP contribution in [-0.4, -0.2) is 29.6 Å². The van der Waals surface area contributed by atoms with E-state index in [4.69, 9.17) is 10.5 Å². The van der Waals surface area contributed by atoms with Gasteiger partial charge in [0.1, 0.15) is 22.4 Å². The Labute approximate surface area is 201 Å². The number of nitrogens with two attached hydrogens (primary N) is 1. The summed E-state index contributed by atoms with van der Waals surface area (Å²) in [5.41, 5.74) is 5.43. The van der Waals surface area contributed by atoms with E-state index in [0.29, 0.717) is 24.0 Å². The van der Waals surface area contributed by atoms with Crippen molar-refractivity contribution in [1.29, 1.82) is 0 Å². The van der Waals surface area contributed by atoms with Crippen molar-refractivity contribution in [3.63, 3.8) is 0 Å². The molecule has 0 aliphatic carbocycles. The summed E-state index contributed by atoms with van der Waals surface area (Å²) in [5.74, 6) is -0.709. The molecule has 5 rings (SSSR count). The lowest BCUT2D eigenvalue weighted by Gasteiger charge is -2.26. The molecule has 0 radical (unpaired) electrons. The predicted octanol–water partition coefficient (Wildman–Crippen LogP) is 1.93. The van der Waals surface area contributed by atoms with Crippen LogP contribution in [0.25, 0.3) is 28.8 Å². The van der Waals surface area contributed by atoms with Crippen molar-refractivity contribution < 1.29 is 13.9 Å². The van der Waals surface area contributed by atoms with E-state index in [9.17, 15) is 14.0 Å². The van der Waals surface area contributed by atoms with Gasteiger partial charge in [-0.1, -0.05) is 36.9 Å². The molecule has 1 saturated heterocycles. The smallest absolute Gasteiger partial charge is 0.254 e. The molecule has 2 aromatic carbocycles. The second kappa shape index (κ2) is 9.03. The maximum Gasteiger partial charge on any atom is 0.254 e. The normalized spacial score (nSPS) is 17.4. The fourth-order valence-corrected chi connectivity index (χ4v) is 4.86. The number of nitrogens with one attached hydrogen (secondary N) is 2. The van der Waals surface area contributed by atoms with E-state index in [1.165, 1.54) is 13.1 Å². The van der Waals surface area contributed by atoms with Crippen LogP contribution in [0.4, 0.5) is 4.39 Å². The van der Waals surface area contributed by atoms with Gasteiger partial charge in [-0.3, -0.25) is 9.59 Å². The number of amides is 1. The molecule has 7 nitrogen and oxygen atoms in total. The molecule has 2 aliphatic heterocycles. The van der Waals surface area contributed by atoms with E-state index in [2.05, 4.69) is 17.2 Å². The van der Waals surface area contributed by atoms with Crippen LogP contribution in [0.3, 0.4) is 0 Å².